The third kappa shape index (κ3) is 5.63. The average Bonchev–Trinajstić information content (AvgIpc) is 1.62. The molecule has 0 bridgehead atoms. The number of hydrogen-bond acceptors (Lipinski definition) is 1. The highest BCUT2D eigenvalue weighted by atomic mass is 28.3. The minimum atomic E-state index is -1.09. The van der Waals surface area contributed by atoms with Crippen LogP contribution in [0.3, 0.4) is 0 Å². The quantitative estimate of drug-likeness (QED) is 0.598. The van der Waals surface area contributed by atoms with E-state index in [2.05, 4.69) is 38.1 Å². The van der Waals surface area contributed by atoms with E-state index in [1.165, 1.54) is 5.70 Å². The summed E-state index contributed by atoms with van der Waals surface area (Å²) in [5.74, 6) is 0. The van der Waals surface area contributed by atoms with Gasteiger partial charge in [-0.05, 0) is 12.1 Å². The molecule has 0 aliphatic rings. The van der Waals surface area contributed by atoms with Crippen molar-refractivity contribution in [3.8, 4) is 0 Å². The lowest BCUT2D eigenvalue weighted by Crippen LogP contribution is -2.39. The highest BCUT2D eigenvalue weighted by molar-refractivity contribution is 6.74. The van der Waals surface area contributed by atoms with Crippen molar-refractivity contribution in [3.05, 3.63) is 12.3 Å². The smallest absolute Gasteiger partial charge is 0.143 e. The molecule has 0 saturated heterocycles. The van der Waals surface area contributed by atoms with Crippen LogP contribution in [-0.4, -0.2) is 8.24 Å². The highest BCUT2D eigenvalue weighted by Gasteiger charge is 2.11. The van der Waals surface area contributed by atoms with Crippen molar-refractivity contribution in [1.82, 2.24) is 4.98 Å². The standard InChI is InChI=1S/C7H17NSi/c1-6-7(2)8-9(3,4)5/h8H,2,6H2,1,3-5H3. The van der Waals surface area contributed by atoms with E-state index in [1.54, 1.807) is 0 Å². The first kappa shape index (κ1) is 8.76. The van der Waals surface area contributed by atoms with Crippen LogP contribution < -0.4 is 4.98 Å². The van der Waals surface area contributed by atoms with Crippen LogP contribution >= 0.6 is 0 Å². The van der Waals surface area contributed by atoms with Crippen LogP contribution in [-0.2, 0) is 0 Å². The summed E-state index contributed by atoms with van der Waals surface area (Å²) in [7, 11) is -1.09. The largest absolute Gasteiger partial charge is 0.415 e. The fourth-order valence-electron chi connectivity index (χ4n) is 0.619. The summed E-state index contributed by atoms with van der Waals surface area (Å²) in [6.07, 6.45) is 1.05. The van der Waals surface area contributed by atoms with Gasteiger partial charge in [0.2, 0.25) is 0 Å². The molecule has 0 unspecified atom stereocenters. The fraction of sp³-hybridized carbons (Fsp3) is 0.714. The number of nitrogens with one attached hydrogen (secondary N) is 1. The molecule has 54 valence electrons. The van der Waals surface area contributed by atoms with Gasteiger partial charge in [0.25, 0.3) is 0 Å². The molecule has 0 rings (SSSR count). The van der Waals surface area contributed by atoms with E-state index in [0.717, 1.165) is 6.42 Å². The minimum Gasteiger partial charge on any atom is -0.415 e. The second kappa shape index (κ2) is 3.06. The summed E-state index contributed by atoms with van der Waals surface area (Å²) < 4.78 is 0. The Morgan fingerprint density at radius 1 is 1.44 bits per heavy atom. The Morgan fingerprint density at radius 3 is 2.00 bits per heavy atom. The fourth-order valence-corrected chi connectivity index (χ4v) is 1.86. The first-order chi connectivity index (χ1) is 3.95. The molecule has 0 aromatic heterocycles. The molecule has 0 aromatic carbocycles. The zero-order chi connectivity index (χ0) is 7.49. The van der Waals surface area contributed by atoms with E-state index in [-0.39, 0.29) is 0 Å². The van der Waals surface area contributed by atoms with Crippen LogP contribution in [0, 0.1) is 0 Å². The van der Waals surface area contributed by atoms with Crippen molar-refractivity contribution in [1.29, 1.82) is 0 Å². The van der Waals surface area contributed by atoms with Gasteiger partial charge in [0.05, 0.1) is 0 Å². The molecule has 9 heavy (non-hydrogen) atoms. The monoisotopic (exact) mass is 143 g/mol. The van der Waals surface area contributed by atoms with Crippen molar-refractivity contribution >= 4 is 8.24 Å². The van der Waals surface area contributed by atoms with Crippen LogP contribution in [0.15, 0.2) is 12.3 Å². The Bertz CT molecular complexity index is 102. The van der Waals surface area contributed by atoms with Crippen molar-refractivity contribution in [3.63, 3.8) is 0 Å². The lowest BCUT2D eigenvalue weighted by atomic mass is 10.4. The average molecular weight is 143 g/mol. The van der Waals surface area contributed by atoms with Gasteiger partial charge in [-0.3, -0.25) is 0 Å². The van der Waals surface area contributed by atoms with Gasteiger partial charge < -0.3 is 4.98 Å². The molecule has 0 aliphatic carbocycles. The topological polar surface area (TPSA) is 12.0 Å². The second-order valence-electron chi connectivity index (χ2n) is 3.33. The Hall–Kier alpha value is -0.243. The number of rotatable bonds is 3. The molecule has 0 aromatic rings. The lowest BCUT2D eigenvalue weighted by molar-refractivity contribution is 0.986. The van der Waals surface area contributed by atoms with Crippen molar-refractivity contribution in [2.24, 2.45) is 0 Å². The SMILES string of the molecule is C=C(CC)N[Si](C)(C)C. The predicted molar refractivity (Wildman–Crippen MR) is 45.9 cm³/mol. The Morgan fingerprint density at radius 2 is 1.89 bits per heavy atom. The van der Waals surface area contributed by atoms with Gasteiger partial charge >= 0.3 is 0 Å². The van der Waals surface area contributed by atoms with E-state index >= 15 is 0 Å². The maximum Gasteiger partial charge on any atom is 0.143 e. The third-order valence-electron chi connectivity index (χ3n) is 0.979. The Balaban J connectivity index is 3.60. The first-order valence-electron chi connectivity index (χ1n) is 3.41. The molecular formula is C7H17NSi. The molecule has 0 heterocycles. The molecular weight excluding hydrogens is 126 g/mol. The van der Waals surface area contributed by atoms with Crippen LogP contribution in [0.2, 0.25) is 19.6 Å². The van der Waals surface area contributed by atoms with Gasteiger partial charge in [-0.1, -0.05) is 33.1 Å². The molecule has 0 spiro atoms. The summed E-state index contributed by atoms with van der Waals surface area (Å²) in [5, 5.41) is 0. The number of allylic oxidation sites excluding steroid dienone is 1. The first-order valence-corrected chi connectivity index (χ1v) is 6.91. The molecule has 0 aliphatic heterocycles. The maximum atomic E-state index is 3.88. The molecule has 0 radical (unpaired) electrons. The third-order valence-corrected chi connectivity index (χ3v) is 2.08. The molecule has 1 nitrogen and oxygen atoms in total. The van der Waals surface area contributed by atoms with Crippen LogP contribution in [0.4, 0.5) is 0 Å². The summed E-state index contributed by atoms with van der Waals surface area (Å²) in [6, 6.07) is 0. The van der Waals surface area contributed by atoms with E-state index in [4.69, 9.17) is 0 Å². The number of hydrogen-bond donors (Lipinski definition) is 1. The van der Waals surface area contributed by atoms with Gasteiger partial charge in [-0.15, -0.1) is 0 Å². The van der Waals surface area contributed by atoms with Crippen molar-refractivity contribution < 1.29 is 0 Å². The van der Waals surface area contributed by atoms with Gasteiger partial charge in [-0.2, -0.15) is 0 Å². The van der Waals surface area contributed by atoms with E-state index < -0.39 is 8.24 Å². The van der Waals surface area contributed by atoms with Crippen molar-refractivity contribution in [2.75, 3.05) is 0 Å². The highest BCUT2D eigenvalue weighted by Crippen LogP contribution is 2.00. The van der Waals surface area contributed by atoms with Gasteiger partial charge in [0, 0.05) is 0 Å². The molecule has 0 amide bonds. The Labute approximate surface area is 59.3 Å². The molecule has 1 N–H and O–H groups in total. The van der Waals surface area contributed by atoms with Gasteiger partial charge in [-0.25, -0.2) is 0 Å². The van der Waals surface area contributed by atoms with E-state index in [1.807, 2.05) is 0 Å². The minimum absolute atomic E-state index is 1.05. The van der Waals surface area contributed by atoms with Crippen molar-refractivity contribution in [2.45, 2.75) is 33.0 Å². The van der Waals surface area contributed by atoms with Crippen LogP contribution in [0.5, 0.6) is 0 Å². The van der Waals surface area contributed by atoms with Gasteiger partial charge in [0.1, 0.15) is 8.24 Å². The van der Waals surface area contributed by atoms with Crippen LogP contribution in [0.1, 0.15) is 13.3 Å². The van der Waals surface area contributed by atoms with E-state index in [9.17, 15) is 0 Å². The summed E-state index contributed by atoms with van der Waals surface area (Å²) >= 11 is 0. The molecule has 0 saturated carbocycles. The summed E-state index contributed by atoms with van der Waals surface area (Å²) in [4.78, 5) is 3.41. The molecule has 2 heteroatoms. The normalized spacial score (nSPS) is 11.1. The maximum absolute atomic E-state index is 3.88. The zero-order valence-electron chi connectivity index (χ0n) is 6.91. The van der Waals surface area contributed by atoms with E-state index in [0.29, 0.717) is 0 Å². The molecule has 0 atom stereocenters. The predicted octanol–water partition coefficient (Wildman–Crippen LogP) is 2.33. The molecule has 0 fully saturated rings. The summed E-state index contributed by atoms with van der Waals surface area (Å²) in [5.41, 5.74) is 1.18. The van der Waals surface area contributed by atoms with Crippen LogP contribution in [0.25, 0.3) is 0 Å². The zero-order valence-corrected chi connectivity index (χ0v) is 7.91. The second-order valence-corrected chi connectivity index (χ2v) is 8.08. The lowest BCUT2D eigenvalue weighted by Gasteiger charge is -2.20. The Kier molecular flexibility index (Phi) is 2.98. The summed E-state index contributed by atoms with van der Waals surface area (Å²) in [6.45, 7) is 12.8. The van der Waals surface area contributed by atoms with Gasteiger partial charge in [0.15, 0.2) is 0 Å².